The van der Waals surface area contributed by atoms with Crippen LogP contribution in [-0.2, 0) is 6.67 Å². The van der Waals surface area contributed by atoms with Gasteiger partial charge in [-0.05, 0) is 12.5 Å². The summed E-state index contributed by atoms with van der Waals surface area (Å²) in [6.07, 6.45) is 5.30. The second kappa shape index (κ2) is 5.24. The van der Waals surface area contributed by atoms with E-state index in [0.717, 1.165) is 0 Å². The van der Waals surface area contributed by atoms with Crippen molar-refractivity contribution in [3.05, 3.63) is 35.3 Å². The predicted molar refractivity (Wildman–Crippen MR) is 72.4 cm³/mol. The molecular weight excluding hydrogens is 276 g/mol. The molecule has 2 atom stereocenters. The zero-order chi connectivity index (χ0) is 13.3. The summed E-state index contributed by atoms with van der Waals surface area (Å²) in [7, 11) is 0. The number of hydrogen-bond donors (Lipinski definition) is 1. The number of aromatic nitrogens is 2. The van der Waals surface area contributed by atoms with Crippen LogP contribution >= 0.6 is 23.2 Å². The van der Waals surface area contributed by atoms with Crippen LogP contribution in [0.5, 0.6) is 0 Å². The van der Waals surface area contributed by atoms with Gasteiger partial charge in [0.15, 0.2) is 0 Å². The summed E-state index contributed by atoms with van der Waals surface area (Å²) in [6, 6.07) is 0. The van der Waals surface area contributed by atoms with E-state index < -0.39 is 12.1 Å². The monoisotopic (exact) mass is 287 g/mol. The largest absolute Gasteiger partial charge is 0.383 e. The molecule has 0 amide bonds. The van der Waals surface area contributed by atoms with Gasteiger partial charge in [-0.2, -0.15) is 0 Å². The highest BCUT2D eigenvalue weighted by atomic mass is 35.5. The number of anilines is 1. The van der Waals surface area contributed by atoms with Crippen molar-refractivity contribution in [1.29, 1.82) is 0 Å². The maximum absolute atomic E-state index is 13.1. The molecule has 18 heavy (non-hydrogen) atoms. The normalized spacial score (nSPS) is 23.0. The lowest BCUT2D eigenvalue weighted by atomic mass is 9.95. The van der Waals surface area contributed by atoms with Crippen molar-refractivity contribution >= 4 is 34.6 Å². The fourth-order valence-electron chi connectivity index (χ4n) is 1.91. The van der Waals surface area contributed by atoms with E-state index in [9.17, 15) is 4.39 Å². The molecule has 0 aromatic carbocycles. The molecule has 0 saturated heterocycles. The van der Waals surface area contributed by atoms with Crippen molar-refractivity contribution < 1.29 is 4.39 Å². The molecule has 6 heteroatoms. The highest BCUT2D eigenvalue weighted by molar-refractivity contribution is 6.35. The molecule has 2 unspecified atom stereocenters. The molecule has 2 N–H and O–H groups in total. The van der Waals surface area contributed by atoms with E-state index in [0.29, 0.717) is 17.0 Å². The minimum atomic E-state index is -0.722. The third-order valence-corrected chi connectivity index (χ3v) is 3.72. The van der Waals surface area contributed by atoms with Crippen LogP contribution in [0.2, 0.25) is 0 Å². The molecule has 0 spiro atoms. The van der Waals surface area contributed by atoms with Gasteiger partial charge in [0.05, 0.1) is 16.4 Å². The van der Waals surface area contributed by atoms with E-state index in [1.165, 1.54) is 0 Å². The lowest BCUT2D eigenvalue weighted by Gasteiger charge is -2.22. The second-order valence-electron chi connectivity index (χ2n) is 3.96. The van der Waals surface area contributed by atoms with Gasteiger partial charge in [-0.15, -0.1) is 23.2 Å². The third-order valence-electron chi connectivity index (χ3n) is 2.69. The van der Waals surface area contributed by atoms with Crippen LogP contribution in [0.4, 0.5) is 10.2 Å². The fraction of sp³-hybridized carbons (Fsp3) is 0.333. The summed E-state index contributed by atoms with van der Waals surface area (Å²) < 4.78 is 13.1. The third kappa shape index (κ3) is 2.35. The van der Waals surface area contributed by atoms with Crippen LogP contribution in [0.15, 0.2) is 18.2 Å². The van der Waals surface area contributed by atoms with E-state index in [4.69, 9.17) is 28.9 Å². The molecule has 0 saturated carbocycles. The summed E-state index contributed by atoms with van der Waals surface area (Å²) >= 11 is 12.3. The van der Waals surface area contributed by atoms with E-state index in [-0.39, 0.29) is 16.9 Å². The first kappa shape index (κ1) is 13.3. The molecule has 1 aliphatic rings. The number of nitrogens with zero attached hydrogens (tertiary/aromatic N) is 2. The zero-order valence-corrected chi connectivity index (χ0v) is 11.2. The van der Waals surface area contributed by atoms with Gasteiger partial charge in [-0.3, -0.25) is 0 Å². The fourth-order valence-corrected chi connectivity index (χ4v) is 2.40. The van der Waals surface area contributed by atoms with Crippen molar-refractivity contribution in [2.24, 2.45) is 0 Å². The zero-order valence-electron chi connectivity index (χ0n) is 9.70. The Labute approximate surface area is 115 Å². The van der Waals surface area contributed by atoms with Crippen LogP contribution in [-0.4, -0.2) is 20.7 Å². The Kier molecular flexibility index (Phi) is 3.88. The van der Waals surface area contributed by atoms with E-state index in [2.05, 4.69) is 9.97 Å². The number of halogens is 3. The van der Waals surface area contributed by atoms with Crippen molar-refractivity contribution in [2.75, 3.05) is 5.73 Å². The quantitative estimate of drug-likeness (QED) is 0.851. The number of alkyl halides is 3. The highest BCUT2D eigenvalue weighted by Crippen LogP contribution is 2.35. The maximum Gasteiger partial charge on any atom is 0.135 e. The molecule has 0 fully saturated rings. The molecule has 1 heterocycles. The Morgan fingerprint density at radius 1 is 1.39 bits per heavy atom. The molecular formula is C12H12Cl2FN3. The average Bonchev–Trinajstić information content (AvgIpc) is 2.32. The lowest BCUT2D eigenvalue weighted by molar-refractivity contribution is 0.473. The first-order chi connectivity index (χ1) is 8.54. The predicted octanol–water partition coefficient (Wildman–Crippen LogP) is 3.00. The first-order valence-electron chi connectivity index (χ1n) is 5.40. The van der Waals surface area contributed by atoms with Gasteiger partial charge < -0.3 is 5.73 Å². The van der Waals surface area contributed by atoms with Gasteiger partial charge in [0.25, 0.3) is 0 Å². The SMILES string of the molecule is Cc1nc(N)c(C2=CC=CC(Cl)C2Cl)c(CF)n1. The molecule has 0 radical (unpaired) electrons. The topological polar surface area (TPSA) is 51.8 Å². The van der Waals surface area contributed by atoms with E-state index in [1.807, 2.05) is 0 Å². The second-order valence-corrected chi connectivity index (χ2v) is 4.94. The molecule has 0 bridgehead atoms. The van der Waals surface area contributed by atoms with Crippen molar-refractivity contribution in [3.63, 3.8) is 0 Å². The summed E-state index contributed by atoms with van der Waals surface area (Å²) in [6.45, 7) is 0.942. The maximum atomic E-state index is 13.1. The Bertz CT molecular complexity index is 528. The Morgan fingerprint density at radius 2 is 2.11 bits per heavy atom. The lowest BCUT2D eigenvalue weighted by Crippen LogP contribution is -2.20. The van der Waals surface area contributed by atoms with Gasteiger partial charge in [0.2, 0.25) is 0 Å². The molecule has 3 nitrogen and oxygen atoms in total. The number of nitrogens with two attached hydrogens (primary N) is 1. The molecule has 1 aromatic heterocycles. The van der Waals surface area contributed by atoms with E-state index in [1.54, 1.807) is 25.2 Å². The van der Waals surface area contributed by atoms with Crippen LogP contribution in [0.1, 0.15) is 17.1 Å². The summed E-state index contributed by atoms with van der Waals surface area (Å²) in [5.41, 5.74) is 7.21. The van der Waals surface area contributed by atoms with Crippen molar-refractivity contribution in [2.45, 2.75) is 24.4 Å². The highest BCUT2D eigenvalue weighted by Gasteiger charge is 2.26. The van der Waals surface area contributed by atoms with Crippen molar-refractivity contribution in [3.8, 4) is 0 Å². The smallest absolute Gasteiger partial charge is 0.135 e. The molecule has 2 rings (SSSR count). The van der Waals surface area contributed by atoms with Gasteiger partial charge >= 0.3 is 0 Å². The van der Waals surface area contributed by atoms with Gasteiger partial charge in [-0.25, -0.2) is 14.4 Å². The molecule has 1 aromatic rings. The van der Waals surface area contributed by atoms with Gasteiger partial charge in [0, 0.05) is 5.56 Å². The number of nitrogen functional groups attached to an aromatic ring is 1. The minimum Gasteiger partial charge on any atom is -0.383 e. The standard InChI is InChI=1S/C12H12Cl2FN3/c1-6-17-9(5-15)10(12(16)18-6)7-3-2-4-8(13)11(7)14/h2-4,8,11H,5H2,1H3,(H2,16,17,18). The summed E-state index contributed by atoms with van der Waals surface area (Å²) in [4.78, 5) is 8.10. The minimum absolute atomic E-state index is 0.228. The van der Waals surface area contributed by atoms with Crippen LogP contribution in [0.3, 0.4) is 0 Å². The Balaban J connectivity index is 2.57. The summed E-state index contributed by atoms with van der Waals surface area (Å²) in [5.74, 6) is 0.663. The molecule has 1 aliphatic carbocycles. The molecule has 96 valence electrons. The number of allylic oxidation sites excluding steroid dienone is 4. The van der Waals surface area contributed by atoms with Crippen LogP contribution in [0.25, 0.3) is 5.57 Å². The molecule has 0 aliphatic heterocycles. The van der Waals surface area contributed by atoms with Crippen molar-refractivity contribution in [1.82, 2.24) is 9.97 Å². The summed E-state index contributed by atoms with van der Waals surface area (Å²) in [5, 5.41) is -0.838. The number of aryl methyl sites for hydroxylation is 1. The number of rotatable bonds is 2. The number of hydrogen-bond acceptors (Lipinski definition) is 3. The Hall–Kier alpha value is -1.13. The first-order valence-corrected chi connectivity index (χ1v) is 6.27. The van der Waals surface area contributed by atoms with Crippen LogP contribution in [0, 0.1) is 6.92 Å². The van der Waals surface area contributed by atoms with Gasteiger partial charge in [-0.1, -0.05) is 18.2 Å². The van der Waals surface area contributed by atoms with Crippen LogP contribution < -0.4 is 5.73 Å². The average molecular weight is 288 g/mol. The Morgan fingerprint density at radius 3 is 2.78 bits per heavy atom. The van der Waals surface area contributed by atoms with E-state index >= 15 is 0 Å². The van der Waals surface area contributed by atoms with Gasteiger partial charge in [0.1, 0.15) is 18.3 Å².